The molecule has 2 N–H and O–H groups in total. The topological polar surface area (TPSA) is 49.3 Å². The van der Waals surface area contributed by atoms with Gasteiger partial charge in [0.15, 0.2) is 0 Å². The molecule has 0 amide bonds. The Kier molecular flexibility index (Phi) is 4.37. The zero-order valence-electron chi connectivity index (χ0n) is 10.8. The van der Waals surface area contributed by atoms with Crippen LogP contribution in [0.4, 0.5) is 0 Å². The fourth-order valence-corrected chi connectivity index (χ4v) is 2.52. The summed E-state index contributed by atoms with van der Waals surface area (Å²) < 4.78 is 0. The van der Waals surface area contributed by atoms with E-state index in [-0.39, 0.29) is 6.04 Å². The molecule has 1 aromatic carbocycles. The molecule has 2 rings (SSSR count). The Labute approximate surface area is 108 Å². The molecule has 0 saturated heterocycles. The standard InChI is InChI=1S/C15H21NO2/c1-2-13(15(17)18)16-14(12-9-6-10-12)11-7-4-3-5-8-11/h3-5,7-8,12-14,16H,2,6,9-10H2,1H3,(H,17,18)/t13-,14+/m1/s1. The van der Waals surface area contributed by atoms with Crippen LogP contribution in [-0.2, 0) is 4.79 Å². The number of hydrogen-bond donors (Lipinski definition) is 2. The maximum Gasteiger partial charge on any atom is 0.320 e. The molecular weight excluding hydrogens is 226 g/mol. The first kappa shape index (κ1) is 13.1. The van der Waals surface area contributed by atoms with Crippen LogP contribution in [0.15, 0.2) is 30.3 Å². The van der Waals surface area contributed by atoms with Crippen LogP contribution in [0.3, 0.4) is 0 Å². The van der Waals surface area contributed by atoms with Gasteiger partial charge in [-0.2, -0.15) is 0 Å². The third kappa shape index (κ3) is 2.91. The number of carboxylic acid groups (broad SMARTS) is 1. The molecule has 3 nitrogen and oxygen atoms in total. The average molecular weight is 247 g/mol. The molecule has 98 valence electrons. The maximum atomic E-state index is 11.2. The van der Waals surface area contributed by atoms with Crippen molar-refractivity contribution in [3.05, 3.63) is 35.9 Å². The van der Waals surface area contributed by atoms with Gasteiger partial charge in [0.1, 0.15) is 6.04 Å². The van der Waals surface area contributed by atoms with E-state index in [0.717, 1.165) is 0 Å². The van der Waals surface area contributed by atoms with Gasteiger partial charge >= 0.3 is 5.97 Å². The number of aliphatic carboxylic acids is 1. The first-order valence-electron chi connectivity index (χ1n) is 6.76. The van der Waals surface area contributed by atoms with Gasteiger partial charge in [-0.05, 0) is 30.7 Å². The summed E-state index contributed by atoms with van der Waals surface area (Å²) in [6.07, 6.45) is 4.27. The lowest BCUT2D eigenvalue weighted by atomic mass is 9.77. The molecule has 1 aromatic rings. The van der Waals surface area contributed by atoms with Crippen LogP contribution in [0.25, 0.3) is 0 Å². The molecule has 0 unspecified atom stereocenters. The second kappa shape index (κ2) is 6.01. The highest BCUT2D eigenvalue weighted by Crippen LogP contribution is 2.38. The van der Waals surface area contributed by atoms with Gasteiger partial charge in [-0.15, -0.1) is 0 Å². The van der Waals surface area contributed by atoms with E-state index in [1.807, 2.05) is 25.1 Å². The molecule has 1 aliphatic carbocycles. The molecule has 1 aliphatic rings. The van der Waals surface area contributed by atoms with Crippen molar-refractivity contribution in [2.24, 2.45) is 5.92 Å². The molecule has 1 saturated carbocycles. The smallest absolute Gasteiger partial charge is 0.320 e. The molecule has 0 radical (unpaired) electrons. The first-order valence-corrected chi connectivity index (χ1v) is 6.76. The maximum absolute atomic E-state index is 11.2. The van der Waals surface area contributed by atoms with E-state index in [1.165, 1.54) is 24.8 Å². The van der Waals surface area contributed by atoms with Gasteiger partial charge in [-0.1, -0.05) is 43.7 Å². The minimum atomic E-state index is -0.752. The number of carbonyl (C=O) groups is 1. The molecule has 3 heteroatoms. The average Bonchev–Trinajstić information content (AvgIpc) is 2.32. The first-order chi connectivity index (χ1) is 8.72. The lowest BCUT2D eigenvalue weighted by molar-refractivity contribution is -0.140. The van der Waals surface area contributed by atoms with Crippen molar-refractivity contribution in [2.75, 3.05) is 0 Å². The van der Waals surface area contributed by atoms with E-state index >= 15 is 0 Å². The molecule has 2 atom stereocenters. The van der Waals surface area contributed by atoms with Crippen molar-refractivity contribution in [2.45, 2.75) is 44.7 Å². The van der Waals surface area contributed by atoms with Crippen LogP contribution in [0.5, 0.6) is 0 Å². The summed E-state index contributed by atoms with van der Waals surface area (Å²) in [5, 5.41) is 12.5. The van der Waals surface area contributed by atoms with Gasteiger partial charge in [0.05, 0.1) is 0 Å². The summed E-state index contributed by atoms with van der Waals surface area (Å²) in [7, 11) is 0. The van der Waals surface area contributed by atoms with E-state index in [9.17, 15) is 9.90 Å². The summed E-state index contributed by atoms with van der Waals surface area (Å²) >= 11 is 0. The highest BCUT2D eigenvalue weighted by molar-refractivity contribution is 5.73. The molecule has 0 bridgehead atoms. The van der Waals surface area contributed by atoms with Gasteiger partial charge in [0.25, 0.3) is 0 Å². The van der Waals surface area contributed by atoms with E-state index < -0.39 is 12.0 Å². The third-order valence-corrected chi connectivity index (χ3v) is 3.87. The van der Waals surface area contributed by atoms with Crippen molar-refractivity contribution in [1.82, 2.24) is 5.32 Å². The summed E-state index contributed by atoms with van der Waals surface area (Å²) in [6.45, 7) is 1.91. The molecule has 1 fully saturated rings. The minimum absolute atomic E-state index is 0.181. The van der Waals surface area contributed by atoms with Gasteiger partial charge in [-0.25, -0.2) is 0 Å². The summed E-state index contributed by atoms with van der Waals surface area (Å²) in [5.41, 5.74) is 1.21. The molecular formula is C15H21NO2. The number of carboxylic acids is 1. The fourth-order valence-electron chi connectivity index (χ4n) is 2.52. The predicted molar refractivity (Wildman–Crippen MR) is 71.4 cm³/mol. The largest absolute Gasteiger partial charge is 0.480 e. The Hall–Kier alpha value is -1.35. The third-order valence-electron chi connectivity index (χ3n) is 3.87. The molecule has 0 aliphatic heterocycles. The van der Waals surface area contributed by atoms with Crippen molar-refractivity contribution in [3.63, 3.8) is 0 Å². The van der Waals surface area contributed by atoms with Gasteiger partial charge < -0.3 is 5.11 Å². The van der Waals surface area contributed by atoms with E-state index in [4.69, 9.17) is 0 Å². The summed E-state index contributed by atoms with van der Waals surface area (Å²) in [6, 6.07) is 9.94. The predicted octanol–water partition coefficient (Wildman–Crippen LogP) is 2.98. The van der Waals surface area contributed by atoms with Crippen LogP contribution < -0.4 is 5.32 Å². The number of rotatable bonds is 6. The van der Waals surface area contributed by atoms with Crippen LogP contribution in [0, 0.1) is 5.92 Å². The van der Waals surface area contributed by atoms with Crippen molar-refractivity contribution in [3.8, 4) is 0 Å². The highest BCUT2D eigenvalue weighted by atomic mass is 16.4. The van der Waals surface area contributed by atoms with Gasteiger partial charge in [-0.3, -0.25) is 10.1 Å². The summed E-state index contributed by atoms with van der Waals surface area (Å²) in [4.78, 5) is 11.2. The lowest BCUT2D eigenvalue weighted by Gasteiger charge is -2.36. The molecule has 0 heterocycles. The van der Waals surface area contributed by atoms with E-state index in [1.54, 1.807) is 0 Å². The summed E-state index contributed by atoms with van der Waals surface area (Å²) in [5.74, 6) is -0.168. The lowest BCUT2D eigenvalue weighted by Crippen LogP contribution is -2.42. The zero-order chi connectivity index (χ0) is 13.0. The second-order valence-corrected chi connectivity index (χ2v) is 5.05. The van der Waals surface area contributed by atoms with E-state index in [0.29, 0.717) is 12.3 Å². The normalized spacial score (nSPS) is 18.9. The van der Waals surface area contributed by atoms with Crippen LogP contribution in [0.1, 0.15) is 44.2 Å². The minimum Gasteiger partial charge on any atom is -0.480 e. The SMILES string of the molecule is CC[C@@H](N[C@@H](c1ccccc1)C1CCC1)C(=O)O. The number of nitrogens with one attached hydrogen (secondary N) is 1. The van der Waals surface area contributed by atoms with Crippen molar-refractivity contribution >= 4 is 5.97 Å². The monoisotopic (exact) mass is 247 g/mol. The molecule has 0 spiro atoms. The Bertz CT molecular complexity index is 387. The Morgan fingerprint density at radius 3 is 2.50 bits per heavy atom. The number of benzene rings is 1. The fraction of sp³-hybridized carbons (Fsp3) is 0.533. The molecule has 18 heavy (non-hydrogen) atoms. The molecule has 0 aromatic heterocycles. The highest BCUT2D eigenvalue weighted by Gasteiger charge is 2.31. The van der Waals surface area contributed by atoms with Crippen LogP contribution in [-0.4, -0.2) is 17.1 Å². The van der Waals surface area contributed by atoms with Gasteiger partial charge in [0.2, 0.25) is 0 Å². The Morgan fingerprint density at radius 2 is 2.06 bits per heavy atom. The quantitative estimate of drug-likeness (QED) is 0.812. The Balaban J connectivity index is 2.13. The van der Waals surface area contributed by atoms with Crippen molar-refractivity contribution < 1.29 is 9.90 Å². The second-order valence-electron chi connectivity index (χ2n) is 5.05. The zero-order valence-corrected chi connectivity index (χ0v) is 10.8. The van der Waals surface area contributed by atoms with Crippen LogP contribution >= 0.6 is 0 Å². The van der Waals surface area contributed by atoms with Gasteiger partial charge in [0, 0.05) is 6.04 Å². The van der Waals surface area contributed by atoms with Crippen molar-refractivity contribution in [1.29, 1.82) is 0 Å². The van der Waals surface area contributed by atoms with Crippen LogP contribution in [0.2, 0.25) is 0 Å². The Morgan fingerprint density at radius 1 is 1.39 bits per heavy atom. The van der Waals surface area contributed by atoms with E-state index in [2.05, 4.69) is 17.4 Å². The number of hydrogen-bond acceptors (Lipinski definition) is 2.